The van der Waals surface area contributed by atoms with Crippen molar-refractivity contribution in [3.05, 3.63) is 59.5 Å². The van der Waals surface area contributed by atoms with Crippen molar-refractivity contribution in [1.82, 2.24) is 24.8 Å². The van der Waals surface area contributed by atoms with Gasteiger partial charge in [0.15, 0.2) is 0 Å². The van der Waals surface area contributed by atoms with Gasteiger partial charge in [0.1, 0.15) is 23.6 Å². The second-order valence-electron chi connectivity index (χ2n) is 14.0. The van der Waals surface area contributed by atoms with E-state index in [2.05, 4.69) is 10.1 Å². The van der Waals surface area contributed by atoms with E-state index < -0.39 is 41.1 Å². The number of halogens is 3. The molecule has 4 amide bonds. The number of aromatic nitrogens is 2. The summed E-state index contributed by atoms with van der Waals surface area (Å²) >= 11 is 0. The van der Waals surface area contributed by atoms with Crippen LogP contribution in [0.2, 0.25) is 0 Å². The summed E-state index contributed by atoms with van der Waals surface area (Å²) in [5.74, 6) is -0.563. The Labute approximate surface area is 287 Å². The number of carbonyl (C=O) groups excluding carboxylic acids is 2. The fourth-order valence-corrected chi connectivity index (χ4v) is 6.97. The van der Waals surface area contributed by atoms with Crippen LogP contribution in [-0.2, 0) is 27.7 Å². The summed E-state index contributed by atoms with van der Waals surface area (Å²) in [6, 6.07) is 9.81. The zero-order valence-corrected chi connectivity index (χ0v) is 28.2. The van der Waals surface area contributed by atoms with Crippen molar-refractivity contribution >= 4 is 18.0 Å². The standard InChI is InChI=1S/C35H40F3N5O7/c1-33(2,3)24-6-4-5-7-26(24)49-27-9-8-23(20-25(27)35(36,37)38)29-39-28(50-40-29)21-42-30(44)34(13-16-41(17-14-34)32(46)47)43(31(42)45)15-10-22-11-18-48-19-12-22/h4-9,20,22H,10-19,21H2,1-3H3,(H,46,47). The van der Waals surface area contributed by atoms with Gasteiger partial charge in [-0.05, 0) is 67.7 Å². The maximum Gasteiger partial charge on any atom is 0.420 e. The van der Waals surface area contributed by atoms with Gasteiger partial charge in [-0.1, -0.05) is 44.1 Å². The van der Waals surface area contributed by atoms with Crippen LogP contribution >= 0.6 is 0 Å². The van der Waals surface area contributed by atoms with E-state index >= 15 is 0 Å². The first-order valence-electron chi connectivity index (χ1n) is 16.7. The summed E-state index contributed by atoms with van der Waals surface area (Å²) in [5.41, 5.74) is -1.91. The highest BCUT2D eigenvalue weighted by molar-refractivity contribution is 6.07. The van der Waals surface area contributed by atoms with Crippen LogP contribution in [0.5, 0.6) is 11.5 Å². The molecule has 3 aliphatic heterocycles. The average Bonchev–Trinajstić information content (AvgIpc) is 3.61. The molecule has 4 heterocycles. The van der Waals surface area contributed by atoms with Crippen LogP contribution in [0.4, 0.5) is 22.8 Å². The van der Waals surface area contributed by atoms with Gasteiger partial charge >= 0.3 is 18.3 Å². The number of rotatable bonds is 8. The van der Waals surface area contributed by atoms with Crippen molar-refractivity contribution in [3.63, 3.8) is 0 Å². The van der Waals surface area contributed by atoms with Crippen LogP contribution in [0.25, 0.3) is 11.4 Å². The zero-order valence-electron chi connectivity index (χ0n) is 28.2. The Morgan fingerprint density at radius 2 is 1.70 bits per heavy atom. The van der Waals surface area contributed by atoms with Gasteiger partial charge in [0.2, 0.25) is 11.7 Å². The van der Waals surface area contributed by atoms with Crippen LogP contribution in [0.1, 0.15) is 69.9 Å². The van der Waals surface area contributed by atoms with Crippen molar-refractivity contribution < 1.29 is 46.7 Å². The number of urea groups is 1. The Balaban J connectivity index is 1.23. The molecule has 3 fully saturated rings. The first kappa shape index (κ1) is 35.2. The van der Waals surface area contributed by atoms with Crippen molar-refractivity contribution in [3.8, 4) is 22.9 Å². The molecule has 12 nitrogen and oxygen atoms in total. The smallest absolute Gasteiger partial charge is 0.420 e. The topological polar surface area (TPSA) is 139 Å². The molecule has 268 valence electrons. The molecule has 6 rings (SSSR count). The highest BCUT2D eigenvalue weighted by Crippen LogP contribution is 2.43. The SMILES string of the molecule is CC(C)(C)c1ccccc1Oc1ccc(-c2noc(CN3C(=O)N(CCC4CCOCC4)C4(CCN(C(=O)O)CC4)C3=O)n2)cc1C(F)(F)F. The largest absolute Gasteiger partial charge is 0.465 e. The summed E-state index contributed by atoms with van der Waals surface area (Å²) in [7, 11) is 0. The average molecular weight is 700 g/mol. The molecule has 0 radical (unpaired) electrons. The van der Waals surface area contributed by atoms with Crippen LogP contribution < -0.4 is 4.74 Å². The Morgan fingerprint density at radius 1 is 1.02 bits per heavy atom. The summed E-state index contributed by atoms with van der Waals surface area (Å²) in [6.07, 6.45) is -3.25. The third-order valence-corrected chi connectivity index (χ3v) is 9.80. The molecule has 3 saturated heterocycles. The van der Waals surface area contributed by atoms with Gasteiger partial charge in [-0.15, -0.1) is 0 Å². The van der Waals surface area contributed by atoms with Gasteiger partial charge in [0, 0.05) is 44.0 Å². The minimum absolute atomic E-state index is 0.00143. The first-order chi connectivity index (χ1) is 23.7. The molecule has 3 aliphatic rings. The van der Waals surface area contributed by atoms with E-state index in [1.807, 2.05) is 20.8 Å². The number of piperidine rings is 1. The molecular weight excluding hydrogens is 659 g/mol. The fourth-order valence-electron chi connectivity index (χ4n) is 6.97. The molecule has 1 N–H and O–H groups in total. The van der Waals surface area contributed by atoms with E-state index in [1.54, 1.807) is 29.2 Å². The molecule has 0 unspecified atom stereocenters. The molecule has 0 atom stereocenters. The number of likely N-dealkylation sites (tertiary alicyclic amines) is 1. The fraction of sp³-hybridized carbons (Fsp3) is 0.514. The van der Waals surface area contributed by atoms with Crippen LogP contribution in [0.15, 0.2) is 47.0 Å². The van der Waals surface area contributed by atoms with Crippen molar-refractivity contribution in [2.24, 2.45) is 5.92 Å². The number of carboxylic acid groups (broad SMARTS) is 1. The third kappa shape index (κ3) is 7.00. The molecule has 1 aromatic heterocycles. The lowest BCUT2D eigenvalue weighted by Gasteiger charge is -2.41. The maximum absolute atomic E-state index is 14.3. The van der Waals surface area contributed by atoms with Crippen molar-refractivity contribution in [2.75, 3.05) is 32.8 Å². The quantitative estimate of drug-likeness (QED) is 0.248. The van der Waals surface area contributed by atoms with Gasteiger partial charge in [-0.25, -0.2) is 9.59 Å². The summed E-state index contributed by atoms with van der Waals surface area (Å²) in [5, 5.41) is 13.4. The number of imide groups is 1. The van der Waals surface area contributed by atoms with Gasteiger partial charge < -0.3 is 28.9 Å². The molecule has 0 aliphatic carbocycles. The van der Waals surface area contributed by atoms with Crippen LogP contribution in [0, 0.1) is 5.92 Å². The van der Waals surface area contributed by atoms with Crippen molar-refractivity contribution in [2.45, 2.75) is 76.6 Å². The van der Waals surface area contributed by atoms with E-state index in [1.165, 1.54) is 17.0 Å². The van der Waals surface area contributed by atoms with Gasteiger partial charge in [0.25, 0.3) is 5.91 Å². The van der Waals surface area contributed by atoms with Crippen LogP contribution in [-0.4, -0.2) is 86.4 Å². The summed E-state index contributed by atoms with van der Waals surface area (Å²) in [6.45, 7) is 7.17. The maximum atomic E-state index is 14.3. The van der Waals surface area contributed by atoms with E-state index in [4.69, 9.17) is 14.0 Å². The number of nitrogens with zero attached hydrogens (tertiary/aromatic N) is 5. The summed E-state index contributed by atoms with van der Waals surface area (Å²) in [4.78, 5) is 47.5. The Hall–Kier alpha value is -4.66. The number of ether oxygens (including phenoxy) is 2. The normalized spacial score (nSPS) is 18.7. The summed E-state index contributed by atoms with van der Waals surface area (Å²) < 4.78 is 59.6. The molecule has 3 aromatic rings. The highest BCUT2D eigenvalue weighted by atomic mass is 19.4. The monoisotopic (exact) mass is 699 g/mol. The lowest BCUT2D eigenvalue weighted by atomic mass is 9.85. The molecule has 1 spiro atoms. The molecule has 2 aromatic carbocycles. The molecule has 50 heavy (non-hydrogen) atoms. The molecule has 0 bridgehead atoms. The number of para-hydroxylation sites is 1. The number of hydrogen-bond acceptors (Lipinski definition) is 8. The van der Waals surface area contributed by atoms with E-state index in [9.17, 15) is 32.7 Å². The lowest BCUT2D eigenvalue weighted by Crippen LogP contribution is -2.57. The predicted octanol–water partition coefficient (Wildman–Crippen LogP) is 6.94. The molecule has 15 heteroatoms. The Kier molecular flexibility index (Phi) is 9.55. The lowest BCUT2D eigenvalue weighted by molar-refractivity contribution is -0.138. The second kappa shape index (κ2) is 13.6. The minimum Gasteiger partial charge on any atom is -0.465 e. The zero-order chi connectivity index (χ0) is 35.8. The number of carbonyl (C=O) groups is 3. The minimum atomic E-state index is -4.78. The van der Waals surface area contributed by atoms with E-state index in [0.717, 1.165) is 29.4 Å². The first-order valence-corrected chi connectivity index (χ1v) is 16.7. The third-order valence-electron chi connectivity index (χ3n) is 9.80. The van der Waals surface area contributed by atoms with Gasteiger partial charge in [-0.3, -0.25) is 9.69 Å². The van der Waals surface area contributed by atoms with Gasteiger partial charge in [-0.2, -0.15) is 18.2 Å². The molecular formula is C35H40F3N5O7. The highest BCUT2D eigenvalue weighted by Gasteiger charge is 2.58. The van der Waals surface area contributed by atoms with E-state index in [0.29, 0.717) is 37.8 Å². The second-order valence-corrected chi connectivity index (χ2v) is 14.0. The number of benzene rings is 2. The predicted molar refractivity (Wildman–Crippen MR) is 172 cm³/mol. The van der Waals surface area contributed by atoms with Crippen LogP contribution in [0.3, 0.4) is 0 Å². The number of hydrogen-bond donors (Lipinski definition) is 1. The van der Waals surface area contributed by atoms with Crippen molar-refractivity contribution in [1.29, 1.82) is 0 Å². The van der Waals surface area contributed by atoms with E-state index in [-0.39, 0.29) is 55.2 Å². The Morgan fingerprint density at radius 3 is 2.36 bits per heavy atom. The number of amides is 4. The number of alkyl halides is 3. The Bertz CT molecular complexity index is 1740. The van der Waals surface area contributed by atoms with Gasteiger partial charge in [0.05, 0.1) is 5.56 Å². The molecule has 0 saturated carbocycles.